The lowest BCUT2D eigenvalue weighted by Crippen LogP contribution is -2.39. The van der Waals surface area contributed by atoms with Crippen LogP contribution in [0.1, 0.15) is 67.1 Å². The van der Waals surface area contributed by atoms with E-state index in [1.807, 2.05) is 30.9 Å². The van der Waals surface area contributed by atoms with Gasteiger partial charge in [-0.1, -0.05) is 6.92 Å². The summed E-state index contributed by atoms with van der Waals surface area (Å²) in [4.78, 5) is 23.7. The Bertz CT molecular complexity index is 1130. The van der Waals surface area contributed by atoms with Crippen LogP contribution in [0.5, 0.6) is 0 Å². The minimum atomic E-state index is -2.61. The van der Waals surface area contributed by atoms with Gasteiger partial charge in [-0.3, -0.25) is 4.79 Å². The number of amides is 1. The molecule has 3 fully saturated rings. The number of carbonyl (C=O) groups is 1. The first-order valence-corrected chi connectivity index (χ1v) is 14.1. The third-order valence-corrected chi connectivity index (χ3v) is 8.82. The third-order valence-electron chi connectivity index (χ3n) is 7.96. The summed E-state index contributed by atoms with van der Waals surface area (Å²) in [7, 11) is 0. The van der Waals surface area contributed by atoms with Crippen molar-refractivity contribution in [2.24, 2.45) is 5.41 Å². The molecule has 1 aromatic carbocycles. The van der Waals surface area contributed by atoms with Gasteiger partial charge in [0.05, 0.1) is 11.3 Å². The van der Waals surface area contributed by atoms with E-state index < -0.39 is 5.92 Å². The molecule has 5 nitrogen and oxygen atoms in total. The van der Waals surface area contributed by atoms with E-state index in [1.165, 1.54) is 30.6 Å². The third kappa shape index (κ3) is 5.48. The Kier molecular flexibility index (Phi) is 6.92. The molecular formula is C28H36F2N4OS. The topological polar surface area (TPSA) is 48.5 Å². The molecule has 0 atom stereocenters. The first-order valence-electron chi connectivity index (χ1n) is 13.1. The molecular weight excluding hydrogens is 478 g/mol. The molecule has 3 aliphatic rings. The highest BCUT2D eigenvalue weighted by Crippen LogP contribution is 2.54. The standard InChI is InChI=1S/C28H36F2N4OS/c1-4-36-22-15-19(2)25(23(18-22)33-11-7-27(5-6-27)8-12-33)26(35)32-21-16-20(3)31-24(17-21)34-13-9-28(29,30)10-14-34/h15-18H,4-14H2,1-3H3,(H,31,32,35). The van der Waals surface area contributed by atoms with Crippen LogP contribution in [-0.4, -0.2) is 48.7 Å². The molecule has 194 valence electrons. The Balaban J connectivity index is 1.40. The second kappa shape index (κ2) is 9.84. The molecule has 2 aromatic rings. The van der Waals surface area contributed by atoms with Gasteiger partial charge in [0.15, 0.2) is 0 Å². The van der Waals surface area contributed by atoms with Crippen LogP contribution in [0.25, 0.3) is 0 Å². The van der Waals surface area contributed by atoms with Gasteiger partial charge in [0, 0.05) is 61.4 Å². The lowest BCUT2D eigenvalue weighted by atomic mass is 9.92. The summed E-state index contributed by atoms with van der Waals surface area (Å²) >= 11 is 1.80. The minimum absolute atomic E-state index is 0.135. The summed E-state index contributed by atoms with van der Waals surface area (Å²) in [6.45, 7) is 8.51. The van der Waals surface area contributed by atoms with E-state index in [4.69, 9.17) is 0 Å². The van der Waals surface area contributed by atoms with Crippen LogP contribution in [0, 0.1) is 19.3 Å². The molecule has 5 rings (SSSR count). The van der Waals surface area contributed by atoms with Gasteiger partial charge >= 0.3 is 0 Å². The van der Waals surface area contributed by atoms with E-state index in [0.29, 0.717) is 16.9 Å². The van der Waals surface area contributed by atoms with E-state index in [9.17, 15) is 13.6 Å². The molecule has 1 spiro atoms. The number of nitrogens with one attached hydrogen (secondary N) is 1. The first kappa shape index (κ1) is 25.3. The van der Waals surface area contributed by atoms with Crippen molar-refractivity contribution in [3.8, 4) is 0 Å². The summed E-state index contributed by atoms with van der Waals surface area (Å²) in [6, 6.07) is 7.94. The number of piperidine rings is 2. The van der Waals surface area contributed by atoms with E-state index in [1.54, 1.807) is 11.8 Å². The second-order valence-corrected chi connectivity index (χ2v) is 12.0. The highest BCUT2D eigenvalue weighted by Gasteiger charge is 2.44. The van der Waals surface area contributed by atoms with Crippen LogP contribution in [0.4, 0.5) is 26.0 Å². The Labute approximate surface area is 217 Å². The number of thioether (sulfide) groups is 1. The van der Waals surface area contributed by atoms with Crippen molar-refractivity contribution in [3.63, 3.8) is 0 Å². The zero-order chi connectivity index (χ0) is 25.5. The predicted molar refractivity (Wildman–Crippen MR) is 144 cm³/mol. The number of aryl methyl sites for hydroxylation is 2. The number of hydrogen-bond donors (Lipinski definition) is 1. The van der Waals surface area contributed by atoms with Crippen LogP contribution >= 0.6 is 11.8 Å². The minimum Gasteiger partial charge on any atom is -0.371 e. The van der Waals surface area contributed by atoms with Crippen LogP contribution in [0.15, 0.2) is 29.2 Å². The van der Waals surface area contributed by atoms with Crippen LogP contribution < -0.4 is 15.1 Å². The maximum Gasteiger partial charge on any atom is 0.258 e. The van der Waals surface area contributed by atoms with E-state index in [2.05, 4.69) is 34.3 Å². The molecule has 3 heterocycles. The Hall–Kier alpha value is -2.35. The maximum atomic E-state index is 13.7. The monoisotopic (exact) mass is 514 g/mol. The van der Waals surface area contributed by atoms with Gasteiger partial charge in [-0.05, 0) is 74.5 Å². The molecule has 2 saturated heterocycles. The number of pyridine rings is 1. The highest BCUT2D eigenvalue weighted by atomic mass is 32.2. The number of anilines is 3. The molecule has 1 amide bonds. The molecule has 0 unspecified atom stereocenters. The number of nitrogens with zero attached hydrogens (tertiary/aromatic N) is 3. The Morgan fingerprint density at radius 1 is 0.972 bits per heavy atom. The van der Waals surface area contributed by atoms with Crippen LogP contribution in [-0.2, 0) is 0 Å². The van der Waals surface area contributed by atoms with Crippen LogP contribution in [0.2, 0.25) is 0 Å². The average molecular weight is 515 g/mol. The number of alkyl halides is 2. The zero-order valence-electron chi connectivity index (χ0n) is 21.5. The Morgan fingerprint density at radius 3 is 2.28 bits per heavy atom. The van der Waals surface area contributed by atoms with Gasteiger partial charge in [0.25, 0.3) is 11.8 Å². The molecule has 36 heavy (non-hydrogen) atoms. The van der Waals surface area contributed by atoms with Crippen molar-refractivity contribution >= 4 is 34.9 Å². The fraction of sp³-hybridized carbons (Fsp3) is 0.571. The number of benzene rings is 1. The average Bonchev–Trinajstić information content (AvgIpc) is 3.57. The second-order valence-electron chi connectivity index (χ2n) is 10.7. The quantitative estimate of drug-likeness (QED) is 0.436. The van der Waals surface area contributed by atoms with Crippen molar-refractivity contribution in [1.82, 2.24) is 4.98 Å². The summed E-state index contributed by atoms with van der Waals surface area (Å²) in [5.41, 5.74) is 4.66. The Morgan fingerprint density at radius 2 is 1.64 bits per heavy atom. The summed E-state index contributed by atoms with van der Waals surface area (Å²) in [5, 5.41) is 3.11. The van der Waals surface area contributed by atoms with Crippen molar-refractivity contribution in [2.75, 3.05) is 47.0 Å². The van der Waals surface area contributed by atoms with Crippen molar-refractivity contribution < 1.29 is 13.6 Å². The largest absolute Gasteiger partial charge is 0.371 e. The molecule has 1 N–H and O–H groups in total. The van der Waals surface area contributed by atoms with E-state index >= 15 is 0 Å². The molecule has 8 heteroatoms. The van der Waals surface area contributed by atoms with E-state index in [0.717, 1.165) is 41.4 Å². The fourth-order valence-corrected chi connectivity index (χ4v) is 6.36. The van der Waals surface area contributed by atoms with Gasteiger partial charge in [-0.25, -0.2) is 13.8 Å². The predicted octanol–water partition coefficient (Wildman–Crippen LogP) is 6.68. The highest BCUT2D eigenvalue weighted by molar-refractivity contribution is 7.99. The van der Waals surface area contributed by atoms with Crippen molar-refractivity contribution in [3.05, 3.63) is 41.1 Å². The van der Waals surface area contributed by atoms with Crippen molar-refractivity contribution in [1.29, 1.82) is 0 Å². The molecule has 0 radical (unpaired) electrons. The molecule has 0 bridgehead atoms. The summed E-state index contributed by atoms with van der Waals surface area (Å²) in [6.07, 6.45) is 4.73. The lowest BCUT2D eigenvalue weighted by Gasteiger charge is -2.35. The smallest absolute Gasteiger partial charge is 0.258 e. The van der Waals surface area contributed by atoms with E-state index in [-0.39, 0.29) is 31.8 Å². The maximum absolute atomic E-state index is 13.7. The van der Waals surface area contributed by atoms with Crippen molar-refractivity contribution in [2.45, 2.75) is 70.1 Å². The van der Waals surface area contributed by atoms with Gasteiger partial charge < -0.3 is 15.1 Å². The number of hydrogen-bond acceptors (Lipinski definition) is 5. The number of rotatable bonds is 6. The first-order chi connectivity index (χ1) is 17.2. The number of aromatic nitrogens is 1. The van der Waals surface area contributed by atoms with Gasteiger partial charge in [0.1, 0.15) is 5.82 Å². The van der Waals surface area contributed by atoms with Gasteiger partial charge in [0.2, 0.25) is 0 Å². The molecule has 2 aliphatic heterocycles. The molecule has 1 saturated carbocycles. The summed E-state index contributed by atoms with van der Waals surface area (Å²) in [5.74, 6) is -1.13. The zero-order valence-corrected chi connectivity index (χ0v) is 22.3. The fourth-order valence-electron chi connectivity index (χ4n) is 5.57. The number of halogens is 2. The number of carbonyl (C=O) groups excluding carboxylic acids is 1. The summed E-state index contributed by atoms with van der Waals surface area (Å²) < 4.78 is 27.3. The van der Waals surface area contributed by atoms with Gasteiger partial charge in [-0.15, -0.1) is 11.8 Å². The van der Waals surface area contributed by atoms with Crippen LogP contribution in [0.3, 0.4) is 0 Å². The normalized spacial score (nSPS) is 20.5. The lowest BCUT2D eigenvalue weighted by molar-refractivity contribution is -0.0221. The molecule has 1 aliphatic carbocycles. The SMILES string of the molecule is CCSc1cc(C)c(C(=O)Nc2cc(C)nc(N3CCC(F)(F)CC3)c2)c(N2CCC3(CC2)CC3)c1. The molecule has 1 aromatic heterocycles. The van der Waals surface area contributed by atoms with Gasteiger partial charge in [-0.2, -0.15) is 0 Å².